The molecule has 3 rings (SSSR count). The maximum atomic E-state index is 12.2. The number of aryl methyl sites for hydroxylation is 1. The normalized spacial score (nSPS) is 10.8. The fourth-order valence-electron chi connectivity index (χ4n) is 2.56. The van der Waals surface area contributed by atoms with Crippen molar-refractivity contribution < 1.29 is 19.4 Å². The van der Waals surface area contributed by atoms with Gasteiger partial charge in [-0.15, -0.1) is 0 Å². The van der Waals surface area contributed by atoms with Gasteiger partial charge in [-0.3, -0.25) is 9.78 Å². The first-order valence-corrected chi connectivity index (χ1v) is 7.60. The van der Waals surface area contributed by atoms with Crippen LogP contribution in [0.2, 0.25) is 0 Å². The summed E-state index contributed by atoms with van der Waals surface area (Å²) in [5.41, 5.74) is 0.766. The van der Waals surface area contributed by atoms with Crippen LogP contribution in [0.15, 0.2) is 45.9 Å². The Hall–Kier alpha value is -3.35. The van der Waals surface area contributed by atoms with Crippen LogP contribution in [0.4, 0.5) is 0 Å². The molecule has 0 atom stereocenters. The molecule has 0 aliphatic heterocycles. The van der Waals surface area contributed by atoms with Gasteiger partial charge in [-0.25, -0.2) is 4.79 Å². The van der Waals surface area contributed by atoms with Crippen LogP contribution in [0.1, 0.15) is 16.7 Å². The molecule has 7 nitrogen and oxygen atoms in total. The van der Waals surface area contributed by atoms with Crippen LogP contribution in [0, 0.1) is 6.92 Å². The first-order valence-electron chi connectivity index (χ1n) is 7.60. The number of fused-ring (bicyclic) bond motifs is 1. The van der Waals surface area contributed by atoms with Gasteiger partial charge in [0.25, 0.3) is 0 Å². The summed E-state index contributed by atoms with van der Waals surface area (Å²) in [6, 6.07) is 6.43. The number of aromatic hydroxyl groups is 2. The van der Waals surface area contributed by atoms with E-state index in [1.807, 2.05) is 6.07 Å². The van der Waals surface area contributed by atoms with E-state index < -0.39 is 11.4 Å². The van der Waals surface area contributed by atoms with Crippen molar-refractivity contribution in [2.75, 3.05) is 0 Å². The zero-order valence-electron chi connectivity index (χ0n) is 13.4. The molecule has 3 aromatic rings. The van der Waals surface area contributed by atoms with Crippen molar-refractivity contribution in [1.82, 2.24) is 10.3 Å². The molecule has 2 aromatic heterocycles. The van der Waals surface area contributed by atoms with E-state index >= 15 is 0 Å². The number of rotatable bonds is 4. The average molecular weight is 340 g/mol. The molecule has 0 bridgehead atoms. The third kappa shape index (κ3) is 3.30. The van der Waals surface area contributed by atoms with Gasteiger partial charge in [0.15, 0.2) is 11.3 Å². The van der Waals surface area contributed by atoms with E-state index in [2.05, 4.69) is 10.3 Å². The van der Waals surface area contributed by atoms with Crippen molar-refractivity contribution in [3.8, 4) is 11.5 Å². The van der Waals surface area contributed by atoms with Crippen LogP contribution in [0.25, 0.3) is 11.0 Å². The number of hydrogen-bond acceptors (Lipinski definition) is 6. The minimum absolute atomic E-state index is 0.0954. The molecule has 0 spiro atoms. The summed E-state index contributed by atoms with van der Waals surface area (Å²) in [5, 5.41) is 22.5. The topological polar surface area (TPSA) is 113 Å². The van der Waals surface area contributed by atoms with E-state index in [0.717, 1.165) is 5.56 Å². The monoisotopic (exact) mass is 340 g/mol. The van der Waals surface area contributed by atoms with Crippen molar-refractivity contribution in [3.05, 3.63) is 63.8 Å². The molecule has 0 aliphatic carbocycles. The number of phenolic OH excluding ortho intramolecular Hbond substituents is 2. The highest BCUT2D eigenvalue weighted by Gasteiger charge is 2.18. The van der Waals surface area contributed by atoms with Crippen LogP contribution >= 0.6 is 0 Å². The van der Waals surface area contributed by atoms with Crippen molar-refractivity contribution in [1.29, 1.82) is 0 Å². The maximum Gasteiger partial charge on any atom is 0.340 e. The molecule has 0 aliphatic rings. The van der Waals surface area contributed by atoms with Crippen molar-refractivity contribution in [2.45, 2.75) is 19.9 Å². The standard InChI is InChI=1S/C18H16N2O5/c1-10-12-4-5-14(21)16(23)17(12)25-18(24)13(10)7-15(22)20-9-11-3-2-6-19-8-11/h2-6,8,21,23H,7,9H2,1H3,(H,20,22). The van der Waals surface area contributed by atoms with Gasteiger partial charge in [0.1, 0.15) is 0 Å². The van der Waals surface area contributed by atoms with Gasteiger partial charge < -0.3 is 19.9 Å². The van der Waals surface area contributed by atoms with E-state index in [9.17, 15) is 19.8 Å². The molecule has 0 fully saturated rings. The number of carbonyl (C=O) groups is 1. The van der Waals surface area contributed by atoms with Gasteiger partial charge in [0.05, 0.1) is 12.0 Å². The van der Waals surface area contributed by atoms with Crippen LogP contribution in [-0.4, -0.2) is 21.1 Å². The molecular weight excluding hydrogens is 324 g/mol. The minimum atomic E-state index is -0.720. The summed E-state index contributed by atoms with van der Waals surface area (Å²) < 4.78 is 5.09. The summed E-state index contributed by atoms with van der Waals surface area (Å²) in [6.45, 7) is 1.97. The predicted molar refractivity (Wildman–Crippen MR) is 90.3 cm³/mol. The van der Waals surface area contributed by atoms with Crippen molar-refractivity contribution >= 4 is 16.9 Å². The Kier molecular flexibility index (Phi) is 4.38. The SMILES string of the molecule is Cc1c(CC(=O)NCc2cccnc2)c(=O)oc2c(O)c(O)ccc12. The van der Waals surface area contributed by atoms with Crippen LogP contribution < -0.4 is 10.9 Å². The zero-order valence-corrected chi connectivity index (χ0v) is 13.4. The summed E-state index contributed by atoms with van der Waals surface area (Å²) in [4.78, 5) is 28.3. The second-order valence-corrected chi connectivity index (χ2v) is 5.62. The lowest BCUT2D eigenvalue weighted by atomic mass is 10.0. The summed E-state index contributed by atoms with van der Waals surface area (Å²) in [7, 11) is 0. The second kappa shape index (κ2) is 6.64. The van der Waals surface area contributed by atoms with Crippen LogP contribution in [0.5, 0.6) is 11.5 Å². The molecule has 0 saturated heterocycles. The Morgan fingerprint density at radius 1 is 1.28 bits per heavy atom. The highest BCUT2D eigenvalue weighted by atomic mass is 16.4. The molecule has 0 saturated carbocycles. The lowest BCUT2D eigenvalue weighted by molar-refractivity contribution is -0.120. The molecule has 7 heteroatoms. The highest BCUT2D eigenvalue weighted by molar-refractivity contribution is 5.89. The summed E-state index contributed by atoms with van der Waals surface area (Å²) in [5.74, 6) is -1.20. The third-order valence-corrected chi connectivity index (χ3v) is 3.96. The third-order valence-electron chi connectivity index (χ3n) is 3.96. The van der Waals surface area contributed by atoms with Gasteiger partial charge >= 0.3 is 5.63 Å². The number of nitrogens with zero attached hydrogens (tertiary/aromatic N) is 1. The van der Waals surface area contributed by atoms with Gasteiger partial charge in [0.2, 0.25) is 11.7 Å². The number of aromatic nitrogens is 1. The van der Waals surface area contributed by atoms with Gasteiger partial charge in [-0.1, -0.05) is 6.07 Å². The molecule has 0 unspecified atom stereocenters. The molecule has 1 amide bonds. The predicted octanol–water partition coefficient (Wildman–Crippen LogP) is 1.77. The van der Waals surface area contributed by atoms with Crippen molar-refractivity contribution in [2.24, 2.45) is 0 Å². The van der Waals surface area contributed by atoms with Crippen LogP contribution in [-0.2, 0) is 17.8 Å². The van der Waals surface area contributed by atoms with E-state index in [0.29, 0.717) is 17.5 Å². The molecule has 128 valence electrons. The van der Waals surface area contributed by atoms with Gasteiger partial charge in [-0.05, 0) is 36.2 Å². The van der Waals surface area contributed by atoms with Gasteiger partial charge in [-0.2, -0.15) is 0 Å². The minimum Gasteiger partial charge on any atom is -0.504 e. The van der Waals surface area contributed by atoms with E-state index in [-0.39, 0.29) is 29.2 Å². The Morgan fingerprint density at radius 3 is 2.80 bits per heavy atom. The molecular formula is C18H16N2O5. The highest BCUT2D eigenvalue weighted by Crippen LogP contribution is 2.34. The smallest absolute Gasteiger partial charge is 0.340 e. The molecule has 2 heterocycles. The largest absolute Gasteiger partial charge is 0.504 e. The molecule has 25 heavy (non-hydrogen) atoms. The number of amides is 1. The average Bonchev–Trinajstić information content (AvgIpc) is 2.61. The summed E-state index contributed by atoms with van der Waals surface area (Å²) in [6.07, 6.45) is 3.14. The number of benzene rings is 1. The first-order chi connectivity index (χ1) is 12.0. The van der Waals surface area contributed by atoms with E-state index in [4.69, 9.17) is 4.42 Å². The molecule has 3 N–H and O–H groups in total. The number of pyridine rings is 1. The second-order valence-electron chi connectivity index (χ2n) is 5.62. The fourth-order valence-corrected chi connectivity index (χ4v) is 2.56. The Bertz CT molecular complexity index is 996. The van der Waals surface area contributed by atoms with Crippen molar-refractivity contribution in [3.63, 3.8) is 0 Å². The summed E-state index contributed by atoms with van der Waals surface area (Å²) >= 11 is 0. The van der Waals surface area contributed by atoms with Crippen LogP contribution in [0.3, 0.4) is 0 Å². The Labute approximate surface area is 142 Å². The fraction of sp³-hybridized carbons (Fsp3) is 0.167. The van der Waals surface area contributed by atoms with E-state index in [1.54, 1.807) is 25.4 Å². The quantitative estimate of drug-likeness (QED) is 0.493. The first kappa shape index (κ1) is 16.5. The molecule has 0 radical (unpaired) electrons. The zero-order chi connectivity index (χ0) is 18.0. The number of phenols is 2. The number of nitrogens with one attached hydrogen (secondary N) is 1. The Morgan fingerprint density at radius 2 is 2.08 bits per heavy atom. The van der Waals surface area contributed by atoms with Gasteiger partial charge in [0, 0.05) is 24.3 Å². The Balaban J connectivity index is 1.85. The van der Waals surface area contributed by atoms with E-state index in [1.165, 1.54) is 12.1 Å². The molecule has 1 aromatic carbocycles. The lowest BCUT2D eigenvalue weighted by Crippen LogP contribution is -2.27. The maximum absolute atomic E-state index is 12.2. The lowest BCUT2D eigenvalue weighted by Gasteiger charge is -2.10. The number of hydrogen-bond donors (Lipinski definition) is 3. The number of carbonyl (C=O) groups excluding carboxylic acids is 1.